The van der Waals surface area contributed by atoms with E-state index in [0.717, 1.165) is 0 Å². The topological polar surface area (TPSA) is 128 Å². The monoisotopic (exact) mass is 312 g/mol. The fourth-order valence-corrected chi connectivity index (χ4v) is 2.62. The number of hydrogen-bond donors (Lipinski definition) is 3. The van der Waals surface area contributed by atoms with Crippen LogP contribution < -0.4 is 16.2 Å². The second-order valence-corrected chi connectivity index (χ2v) is 6.40. The second kappa shape index (κ2) is 5.57. The molecule has 0 atom stereocenters. The van der Waals surface area contributed by atoms with E-state index >= 15 is 0 Å². The van der Waals surface area contributed by atoms with E-state index in [1.54, 1.807) is 17.5 Å². The van der Waals surface area contributed by atoms with E-state index < -0.39 is 10.0 Å². The molecule has 2 rings (SSSR count). The highest BCUT2D eigenvalue weighted by Crippen LogP contribution is 2.12. The summed E-state index contributed by atoms with van der Waals surface area (Å²) in [5.74, 6) is -0.376. The zero-order valence-corrected chi connectivity index (χ0v) is 11.9. The van der Waals surface area contributed by atoms with E-state index in [0.29, 0.717) is 10.7 Å². The predicted octanol–water partition coefficient (Wildman–Crippen LogP) is 0.303. The lowest BCUT2D eigenvalue weighted by atomic mass is 10.2. The number of aromatic nitrogens is 1. The number of carbonyl (C=O) groups is 1. The number of primary sulfonamides is 1. The maximum absolute atomic E-state index is 11.7. The van der Waals surface area contributed by atoms with Gasteiger partial charge in [0.15, 0.2) is 5.13 Å². The number of rotatable bonds is 4. The van der Waals surface area contributed by atoms with Gasteiger partial charge in [-0.3, -0.25) is 4.79 Å². The summed E-state index contributed by atoms with van der Waals surface area (Å²) < 4.78 is 22.4. The van der Waals surface area contributed by atoms with Gasteiger partial charge in [-0.1, -0.05) is 12.1 Å². The lowest BCUT2D eigenvalue weighted by molar-refractivity contribution is 0.0946. The largest absolute Gasteiger partial charge is 0.375 e. The number of nitrogens with one attached hydrogen (secondary N) is 1. The first-order chi connectivity index (χ1) is 9.36. The van der Waals surface area contributed by atoms with Gasteiger partial charge in [-0.15, -0.1) is 11.3 Å². The molecule has 0 aliphatic heterocycles. The summed E-state index contributed by atoms with van der Waals surface area (Å²) in [5, 5.41) is 9.52. The zero-order valence-electron chi connectivity index (χ0n) is 10.2. The minimum absolute atomic E-state index is 0.00199. The number of nitrogens with zero attached hydrogens (tertiary/aromatic N) is 1. The molecular formula is C11H12N4O3S2. The van der Waals surface area contributed by atoms with Crippen molar-refractivity contribution in [2.75, 3.05) is 5.73 Å². The van der Waals surface area contributed by atoms with Gasteiger partial charge in [0.2, 0.25) is 10.0 Å². The molecule has 0 radical (unpaired) electrons. The van der Waals surface area contributed by atoms with Crippen LogP contribution in [0.15, 0.2) is 34.5 Å². The summed E-state index contributed by atoms with van der Waals surface area (Å²) in [6.07, 6.45) is 0. The number of hydrogen-bond acceptors (Lipinski definition) is 6. The number of benzene rings is 1. The van der Waals surface area contributed by atoms with E-state index in [1.807, 2.05) is 0 Å². The van der Waals surface area contributed by atoms with Crippen LogP contribution in [0.2, 0.25) is 0 Å². The Morgan fingerprint density at radius 3 is 2.75 bits per heavy atom. The average molecular weight is 312 g/mol. The fourth-order valence-electron chi connectivity index (χ4n) is 1.50. The standard InChI is InChI=1S/C11H12N4O3S2/c12-11-15-9(6-19-11)10(16)14-5-7-2-1-3-8(4-7)20(13,17)18/h1-4,6H,5H2,(H2,12,15)(H,14,16)(H2,13,17,18). The zero-order chi connectivity index (χ0) is 14.8. The number of amides is 1. The molecule has 106 valence electrons. The third-order valence-electron chi connectivity index (χ3n) is 2.43. The lowest BCUT2D eigenvalue weighted by Crippen LogP contribution is -2.23. The minimum atomic E-state index is -3.75. The Kier molecular flexibility index (Phi) is 4.02. The normalized spacial score (nSPS) is 11.2. The van der Waals surface area contributed by atoms with Crippen LogP contribution in [0.5, 0.6) is 0 Å². The van der Waals surface area contributed by atoms with Gasteiger partial charge in [0.25, 0.3) is 5.91 Å². The fraction of sp³-hybridized carbons (Fsp3) is 0.0909. The Bertz CT molecular complexity index is 740. The molecule has 5 N–H and O–H groups in total. The van der Waals surface area contributed by atoms with Gasteiger partial charge in [0, 0.05) is 11.9 Å². The lowest BCUT2D eigenvalue weighted by Gasteiger charge is -2.05. The van der Waals surface area contributed by atoms with Crippen LogP contribution in [-0.2, 0) is 16.6 Å². The summed E-state index contributed by atoms with van der Waals surface area (Å²) in [5.41, 5.74) is 6.29. The van der Waals surface area contributed by atoms with Gasteiger partial charge in [-0.25, -0.2) is 18.5 Å². The van der Waals surface area contributed by atoms with Gasteiger partial charge >= 0.3 is 0 Å². The highest BCUT2D eigenvalue weighted by Gasteiger charge is 2.11. The quantitative estimate of drug-likeness (QED) is 0.748. The van der Waals surface area contributed by atoms with E-state index in [4.69, 9.17) is 10.9 Å². The molecule has 0 unspecified atom stereocenters. The molecule has 7 nitrogen and oxygen atoms in total. The maximum Gasteiger partial charge on any atom is 0.271 e. The van der Waals surface area contributed by atoms with Crippen molar-refractivity contribution < 1.29 is 13.2 Å². The highest BCUT2D eigenvalue weighted by atomic mass is 32.2. The summed E-state index contributed by atoms with van der Waals surface area (Å²) in [7, 11) is -3.75. The van der Waals surface area contributed by atoms with Crippen LogP contribution in [0.1, 0.15) is 16.1 Å². The number of anilines is 1. The second-order valence-electron chi connectivity index (χ2n) is 3.95. The molecule has 0 spiro atoms. The van der Waals surface area contributed by atoms with Gasteiger partial charge in [-0.05, 0) is 17.7 Å². The third-order valence-corrected chi connectivity index (χ3v) is 4.02. The highest BCUT2D eigenvalue weighted by molar-refractivity contribution is 7.89. The van der Waals surface area contributed by atoms with Crippen LogP contribution in [0.25, 0.3) is 0 Å². The van der Waals surface area contributed by atoms with E-state index in [-0.39, 0.29) is 23.0 Å². The first kappa shape index (κ1) is 14.4. The molecule has 1 heterocycles. The molecule has 0 aliphatic carbocycles. The van der Waals surface area contributed by atoms with Crippen molar-refractivity contribution in [2.45, 2.75) is 11.4 Å². The van der Waals surface area contributed by atoms with Gasteiger partial charge in [-0.2, -0.15) is 0 Å². The number of sulfonamides is 1. The Labute approximate surface area is 119 Å². The molecule has 2 aromatic rings. The van der Waals surface area contributed by atoms with Gasteiger partial charge in [0.1, 0.15) is 5.69 Å². The Hall–Kier alpha value is -1.97. The van der Waals surface area contributed by atoms with Crippen LogP contribution in [-0.4, -0.2) is 19.3 Å². The summed E-state index contributed by atoms with van der Waals surface area (Å²) >= 11 is 1.17. The molecular weight excluding hydrogens is 300 g/mol. The van der Waals surface area contributed by atoms with Crippen molar-refractivity contribution in [1.29, 1.82) is 0 Å². The maximum atomic E-state index is 11.7. The molecule has 1 aromatic carbocycles. The molecule has 0 fully saturated rings. The smallest absolute Gasteiger partial charge is 0.271 e. The molecule has 20 heavy (non-hydrogen) atoms. The summed E-state index contributed by atoms with van der Waals surface area (Å²) in [6.45, 7) is 0.166. The van der Waals surface area contributed by atoms with Crippen LogP contribution in [0.4, 0.5) is 5.13 Å². The van der Waals surface area contributed by atoms with Crippen molar-refractivity contribution in [3.05, 3.63) is 40.9 Å². The minimum Gasteiger partial charge on any atom is -0.375 e. The Balaban J connectivity index is 2.06. The molecule has 0 aliphatic rings. The SMILES string of the molecule is Nc1nc(C(=O)NCc2cccc(S(N)(=O)=O)c2)cs1. The number of carbonyl (C=O) groups excluding carboxylic acids is 1. The number of nitrogens with two attached hydrogens (primary N) is 2. The molecule has 1 amide bonds. The van der Waals surface area contributed by atoms with Crippen molar-refractivity contribution in [2.24, 2.45) is 5.14 Å². The van der Waals surface area contributed by atoms with E-state index in [2.05, 4.69) is 10.3 Å². The average Bonchev–Trinajstić information content (AvgIpc) is 2.82. The number of nitrogen functional groups attached to an aromatic ring is 1. The van der Waals surface area contributed by atoms with E-state index in [1.165, 1.54) is 23.5 Å². The Morgan fingerprint density at radius 2 is 2.15 bits per heavy atom. The van der Waals surface area contributed by atoms with Crippen molar-refractivity contribution in [3.8, 4) is 0 Å². The summed E-state index contributed by atoms with van der Waals surface area (Å²) in [4.78, 5) is 15.6. The predicted molar refractivity (Wildman–Crippen MR) is 75.5 cm³/mol. The Morgan fingerprint density at radius 1 is 1.40 bits per heavy atom. The molecule has 0 saturated heterocycles. The van der Waals surface area contributed by atoms with Gasteiger partial charge in [0.05, 0.1) is 4.90 Å². The van der Waals surface area contributed by atoms with Crippen LogP contribution >= 0.6 is 11.3 Å². The summed E-state index contributed by atoms with van der Waals surface area (Å²) in [6, 6.07) is 6.04. The molecule has 9 heteroatoms. The molecule has 1 aromatic heterocycles. The first-order valence-corrected chi connectivity index (χ1v) is 7.90. The number of thiazole rings is 1. The van der Waals surface area contributed by atoms with E-state index in [9.17, 15) is 13.2 Å². The van der Waals surface area contributed by atoms with Crippen LogP contribution in [0, 0.1) is 0 Å². The van der Waals surface area contributed by atoms with Crippen molar-refractivity contribution in [3.63, 3.8) is 0 Å². The molecule has 0 saturated carbocycles. The third kappa shape index (κ3) is 3.53. The van der Waals surface area contributed by atoms with Crippen LogP contribution in [0.3, 0.4) is 0 Å². The first-order valence-electron chi connectivity index (χ1n) is 5.47. The van der Waals surface area contributed by atoms with Gasteiger partial charge < -0.3 is 11.1 Å². The van der Waals surface area contributed by atoms with Crippen molar-refractivity contribution >= 4 is 32.4 Å². The molecule has 0 bridgehead atoms. The van der Waals surface area contributed by atoms with Crippen molar-refractivity contribution in [1.82, 2.24) is 10.3 Å².